The number of benzene rings is 1. The van der Waals surface area contributed by atoms with Crippen LogP contribution < -0.4 is 10.6 Å². The number of carbonyl (C=O) groups excluding carboxylic acids is 3. The van der Waals surface area contributed by atoms with Gasteiger partial charge >= 0.3 is 5.97 Å². The Bertz CT molecular complexity index is 502. The lowest BCUT2D eigenvalue weighted by Gasteiger charge is -2.16. The molecule has 120 valence electrons. The fourth-order valence-electron chi connectivity index (χ4n) is 1.85. The van der Waals surface area contributed by atoms with Gasteiger partial charge in [0, 0.05) is 19.4 Å². The zero-order valence-electron chi connectivity index (χ0n) is 12.9. The summed E-state index contributed by atoms with van der Waals surface area (Å²) in [4.78, 5) is 35.2. The molecule has 0 radical (unpaired) electrons. The average Bonchev–Trinajstić information content (AvgIpc) is 2.56. The molecule has 0 saturated carbocycles. The van der Waals surface area contributed by atoms with Gasteiger partial charge in [0.05, 0.1) is 7.11 Å². The van der Waals surface area contributed by atoms with Gasteiger partial charge in [-0.3, -0.25) is 9.59 Å². The average molecular weight is 306 g/mol. The highest BCUT2D eigenvalue weighted by atomic mass is 16.5. The number of hydrogen-bond donors (Lipinski definition) is 2. The van der Waals surface area contributed by atoms with Crippen molar-refractivity contribution in [3.8, 4) is 0 Å². The number of methoxy groups -OCH3 is 1. The molecule has 0 aliphatic rings. The van der Waals surface area contributed by atoms with E-state index >= 15 is 0 Å². The molecule has 22 heavy (non-hydrogen) atoms. The van der Waals surface area contributed by atoms with Crippen LogP contribution in [0.4, 0.5) is 0 Å². The van der Waals surface area contributed by atoms with E-state index in [0.717, 1.165) is 6.42 Å². The minimum atomic E-state index is -0.864. The van der Waals surface area contributed by atoms with Crippen LogP contribution in [0.1, 0.15) is 37.8 Å². The van der Waals surface area contributed by atoms with Crippen molar-refractivity contribution in [3.05, 3.63) is 35.9 Å². The summed E-state index contributed by atoms with van der Waals surface area (Å²) in [6.45, 7) is 2.54. The fourth-order valence-corrected chi connectivity index (χ4v) is 1.85. The summed E-state index contributed by atoms with van der Waals surface area (Å²) in [5, 5.41) is 5.30. The molecule has 0 spiro atoms. The summed E-state index contributed by atoms with van der Waals surface area (Å²) in [7, 11) is 1.27. The maximum Gasteiger partial charge on any atom is 0.333 e. The third kappa shape index (κ3) is 5.95. The summed E-state index contributed by atoms with van der Waals surface area (Å²) in [5.41, 5.74) is 0.637. The van der Waals surface area contributed by atoms with Crippen molar-refractivity contribution in [1.82, 2.24) is 10.6 Å². The first-order chi connectivity index (χ1) is 10.6. The van der Waals surface area contributed by atoms with E-state index in [9.17, 15) is 14.4 Å². The number of carbonyl (C=O) groups is 3. The Morgan fingerprint density at radius 1 is 1.09 bits per heavy atom. The Morgan fingerprint density at radius 3 is 2.32 bits per heavy atom. The molecule has 0 fully saturated rings. The van der Waals surface area contributed by atoms with Gasteiger partial charge in [-0.2, -0.15) is 0 Å². The molecular formula is C16H22N2O4. The molecule has 2 amide bonds. The lowest BCUT2D eigenvalue weighted by molar-refractivity contribution is -0.145. The zero-order valence-corrected chi connectivity index (χ0v) is 12.9. The van der Waals surface area contributed by atoms with Gasteiger partial charge in [-0.15, -0.1) is 0 Å². The van der Waals surface area contributed by atoms with Gasteiger partial charge in [-0.25, -0.2) is 4.79 Å². The molecule has 0 aliphatic heterocycles. The maximum atomic E-state index is 11.9. The molecule has 0 saturated heterocycles. The van der Waals surface area contributed by atoms with E-state index in [4.69, 9.17) is 4.74 Å². The van der Waals surface area contributed by atoms with Crippen molar-refractivity contribution in [2.24, 2.45) is 0 Å². The van der Waals surface area contributed by atoms with Crippen LogP contribution in [0.3, 0.4) is 0 Å². The fraction of sp³-hybridized carbons (Fsp3) is 0.438. The molecule has 6 heteroatoms. The second-order valence-corrected chi connectivity index (χ2v) is 4.78. The first-order valence-electron chi connectivity index (χ1n) is 7.27. The summed E-state index contributed by atoms with van der Waals surface area (Å²) in [5.74, 6) is -1.09. The van der Waals surface area contributed by atoms with Crippen molar-refractivity contribution >= 4 is 17.8 Å². The van der Waals surface area contributed by atoms with Crippen LogP contribution in [0.2, 0.25) is 0 Å². The van der Waals surface area contributed by atoms with Crippen LogP contribution in [0.15, 0.2) is 30.3 Å². The van der Waals surface area contributed by atoms with Crippen molar-refractivity contribution in [2.45, 2.75) is 32.2 Å². The molecule has 0 aliphatic carbocycles. The minimum absolute atomic E-state index is 0.0237. The van der Waals surface area contributed by atoms with Crippen LogP contribution in [0.5, 0.6) is 0 Å². The Morgan fingerprint density at radius 2 is 1.73 bits per heavy atom. The van der Waals surface area contributed by atoms with Crippen LogP contribution >= 0.6 is 0 Å². The summed E-state index contributed by atoms with van der Waals surface area (Å²) in [6.07, 6.45) is 0.959. The van der Waals surface area contributed by atoms with Crippen molar-refractivity contribution in [3.63, 3.8) is 0 Å². The predicted molar refractivity (Wildman–Crippen MR) is 81.9 cm³/mol. The second-order valence-electron chi connectivity index (χ2n) is 4.78. The first kappa shape index (κ1) is 17.7. The van der Waals surface area contributed by atoms with Gasteiger partial charge in [0.25, 0.3) is 0 Å². The molecule has 0 bridgehead atoms. The minimum Gasteiger partial charge on any atom is -0.467 e. The smallest absolute Gasteiger partial charge is 0.333 e. The number of esters is 1. The van der Waals surface area contributed by atoms with E-state index < -0.39 is 12.0 Å². The maximum absolute atomic E-state index is 11.9. The van der Waals surface area contributed by atoms with Gasteiger partial charge in [0.1, 0.15) is 0 Å². The summed E-state index contributed by atoms with van der Waals surface area (Å²) in [6, 6.07) is 7.96. The first-order valence-corrected chi connectivity index (χ1v) is 7.27. The van der Waals surface area contributed by atoms with Crippen LogP contribution in [0.25, 0.3) is 0 Å². The topological polar surface area (TPSA) is 84.5 Å². The third-order valence-electron chi connectivity index (χ3n) is 3.03. The van der Waals surface area contributed by atoms with Gasteiger partial charge in [0.2, 0.25) is 11.8 Å². The molecule has 1 aromatic carbocycles. The van der Waals surface area contributed by atoms with E-state index in [-0.39, 0.29) is 24.7 Å². The Labute approximate surface area is 130 Å². The van der Waals surface area contributed by atoms with E-state index in [0.29, 0.717) is 12.1 Å². The zero-order chi connectivity index (χ0) is 16.4. The van der Waals surface area contributed by atoms with E-state index in [1.54, 1.807) is 24.3 Å². The molecule has 1 unspecified atom stereocenters. The second kappa shape index (κ2) is 9.55. The largest absolute Gasteiger partial charge is 0.467 e. The molecule has 1 aromatic rings. The van der Waals surface area contributed by atoms with Crippen LogP contribution in [0, 0.1) is 0 Å². The molecule has 1 atom stereocenters. The highest BCUT2D eigenvalue weighted by molar-refractivity contribution is 5.88. The SMILES string of the molecule is CCCNC(=O)CCC(=O)NC(C(=O)OC)c1ccccc1. The van der Waals surface area contributed by atoms with Crippen molar-refractivity contribution in [2.75, 3.05) is 13.7 Å². The van der Waals surface area contributed by atoms with Crippen molar-refractivity contribution < 1.29 is 19.1 Å². The van der Waals surface area contributed by atoms with Gasteiger partial charge in [-0.1, -0.05) is 37.3 Å². The van der Waals surface area contributed by atoms with Crippen molar-refractivity contribution in [1.29, 1.82) is 0 Å². The van der Waals surface area contributed by atoms with E-state index in [2.05, 4.69) is 10.6 Å². The summed E-state index contributed by atoms with van der Waals surface area (Å²) >= 11 is 0. The lowest BCUT2D eigenvalue weighted by atomic mass is 10.1. The Hall–Kier alpha value is -2.37. The number of nitrogens with one attached hydrogen (secondary N) is 2. The van der Waals surface area contributed by atoms with E-state index in [1.807, 2.05) is 13.0 Å². The highest BCUT2D eigenvalue weighted by Crippen LogP contribution is 2.14. The van der Waals surface area contributed by atoms with Gasteiger partial charge in [0.15, 0.2) is 6.04 Å². The number of rotatable bonds is 8. The van der Waals surface area contributed by atoms with Gasteiger partial charge < -0.3 is 15.4 Å². The standard InChI is InChI=1S/C16H22N2O4/c1-3-11-17-13(19)9-10-14(20)18-15(16(21)22-2)12-7-5-4-6-8-12/h4-8,15H,3,9-11H2,1-2H3,(H,17,19)(H,18,20). The molecule has 0 aromatic heterocycles. The monoisotopic (exact) mass is 306 g/mol. The lowest BCUT2D eigenvalue weighted by Crippen LogP contribution is -2.35. The third-order valence-corrected chi connectivity index (χ3v) is 3.03. The normalized spacial score (nSPS) is 11.4. The number of amides is 2. The van der Waals surface area contributed by atoms with Gasteiger partial charge in [-0.05, 0) is 12.0 Å². The molecule has 2 N–H and O–H groups in total. The molecule has 6 nitrogen and oxygen atoms in total. The number of ether oxygens (including phenoxy) is 1. The Balaban J connectivity index is 2.57. The van der Waals surface area contributed by atoms with E-state index in [1.165, 1.54) is 7.11 Å². The van der Waals surface area contributed by atoms with Crippen LogP contribution in [-0.4, -0.2) is 31.4 Å². The number of hydrogen-bond acceptors (Lipinski definition) is 4. The highest BCUT2D eigenvalue weighted by Gasteiger charge is 2.23. The molecule has 0 heterocycles. The summed E-state index contributed by atoms with van der Waals surface area (Å²) < 4.78 is 4.71. The quantitative estimate of drug-likeness (QED) is 0.710. The molecular weight excluding hydrogens is 284 g/mol. The predicted octanol–water partition coefficient (Wildman–Crippen LogP) is 1.32. The van der Waals surface area contributed by atoms with Crippen LogP contribution in [-0.2, 0) is 19.1 Å². The Kier molecular flexibility index (Phi) is 7.67. The molecule has 1 rings (SSSR count).